The van der Waals surface area contributed by atoms with Gasteiger partial charge in [-0.2, -0.15) is 0 Å². The van der Waals surface area contributed by atoms with Crippen LogP contribution in [0.5, 0.6) is 0 Å². The van der Waals surface area contributed by atoms with Crippen LogP contribution in [-0.4, -0.2) is 43.0 Å². The smallest absolute Gasteiger partial charge is 0.309 e. The predicted molar refractivity (Wildman–Crippen MR) is 118 cm³/mol. The molecule has 0 saturated carbocycles. The molecule has 5 heteroatoms. The van der Waals surface area contributed by atoms with E-state index in [1.54, 1.807) is 0 Å². The zero-order valence-electron chi connectivity index (χ0n) is 17.7. The number of esters is 1. The van der Waals surface area contributed by atoms with Gasteiger partial charge in [0.25, 0.3) is 5.91 Å². The topological polar surface area (TPSA) is 49.9 Å². The first-order valence-electron chi connectivity index (χ1n) is 11.0. The Labute approximate surface area is 178 Å². The summed E-state index contributed by atoms with van der Waals surface area (Å²) in [6, 6.07) is 16.6. The zero-order valence-corrected chi connectivity index (χ0v) is 17.7. The number of hydrogen-bond donors (Lipinski definition) is 0. The summed E-state index contributed by atoms with van der Waals surface area (Å²) in [5.74, 6) is -0.163. The molecule has 2 aliphatic rings. The number of nitrogens with zero attached hydrogens (tertiary/aromatic N) is 2. The van der Waals surface area contributed by atoms with Crippen molar-refractivity contribution in [1.82, 2.24) is 4.90 Å². The number of ether oxygens (including phenoxy) is 1. The highest BCUT2D eigenvalue weighted by molar-refractivity contribution is 5.94. The highest BCUT2D eigenvalue weighted by Gasteiger charge is 2.28. The molecule has 158 valence electrons. The number of benzene rings is 2. The molecular weight excluding hydrogens is 376 g/mol. The van der Waals surface area contributed by atoms with Crippen molar-refractivity contribution in [3.63, 3.8) is 0 Å². The quantitative estimate of drug-likeness (QED) is 0.703. The number of fused-ring (bicyclic) bond motifs is 1. The van der Waals surface area contributed by atoms with E-state index in [0.29, 0.717) is 38.1 Å². The Kier molecular flexibility index (Phi) is 6.36. The average Bonchev–Trinajstić information content (AvgIpc) is 2.80. The van der Waals surface area contributed by atoms with Crippen molar-refractivity contribution < 1.29 is 14.3 Å². The summed E-state index contributed by atoms with van der Waals surface area (Å²) < 4.78 is 5.11. The summed E-state index contributed by atoms with van der Waals surface area (Å²) in [5.41, 5.74) is 4.67. The Morgan fingerprint density at radius 3 is 2.47 bits per heavy atom. The van der Waals surface area contributed by atoms with Crippen LogP contribution in [0.3, 0.4) is 0 Å². The Balaban J connectivity index is 1.35. The van der Waals surface area contributed by atoms with E-state index in [1.165, 1.54) is 23.2 Å². The van der Waals surface area contributed by atoms with Gasteiger partial charge < -0.3 is 14.5 Å². The van der Waals surface area contributed by atoms with Gasteiger partial charge in [-0.3, -0.25) is 9.59 Å². The van der Waals surface area contributed by atoms with E-state index >= 15 is 0 Å². The largest absolute Gasteiger partial charge is 0.466 e. The number of piperidine rings is 1. The fourth-order valence-electron chi connectivity index (χ4n) is 4.51. The molecule has 30 heavy (non-hydrogen) atoms. The molecule has 0 aliphatic carbocycles. The van der Waals surface area contributed by atoms with Gasteiger partial charge >= 0.3 is 5.97 Å². The second kappa shape index (κ2) is 9.33. The molecule has 1 fully saturated rings. The maximum absolute atomic E-state index is 12.9. The average molecular weight is 407 g/mol. The number of likely N-dealkylation sites (tertiary alicyclic amines) is 1. The summed E-state index contributed by atoms with van der Waals surface area (Å²) in [6.45, 7) is 5.37. The van der Waals surface area contributed by atoms with Crippen LogP contribution in [0.2, 0.25) is 0 Å². The third-order valence-corrected chi connectivity index (χ3v) is 6.18. The van der Waals surface area contributed by atoms with Gasteiger partial charge in [-0.1, -0.05) is 30.3 Å². The minimum absolute atomic E-state index is 0.0483. The van der Waals surface area contributed by atoms with E-state index in [4.69, 9.17) is 4.74 Å². The molecule has 0 spiro atoms. The maximum Gasteiger partial charge on any atom is 0.309 e. The SMILES string of the molecule is CCOC(=O)C1CCN(C(=O)c2ccc(CN3CCCc4ccccc43)cc2)CC1. The van der Waals surface area contributed by atoms with E-state index < -0.39 is 0 Å². The lowest BCUT2D eigenvalue weighted by atomic mass is 9.96. The van der Waals surface area contributed by atoms with Crippen LogP contribution in [0.4, 0.5) is 5.69 Å². The molecule has 1 saturated heterocycles. The molecular formula is C25H30N2O3. The third-order valence-electron chi connectivity index (χ3n) is 6.18. The Bertz CT molecular complexity index is 886. The normalized spacial score (nSPS) is 16.8. The van der Waals surface area contributed by atoms with Gasteiger partial charge in [0.05, 0.1) is 12.5 Å². The number of para-hydroxylation sites is 1. The van der Waals surface area contributed by atoms with Crippen LogP contribution >= 0.6 is 0 Å². The molecule has 4 rings (SSSR count). The van der Waals surface area contributed by atoms with Gasteiger partial charge in [0.1, 0.15) is 0 Å². The molecule has 2 aromatic rings. The maximum atomic E-state index is 12.9. The standard InChI is InChI=1S/C25H30N2O3/c1-2-30-25(29)22-13-16-26(17-14-22)24(28)21-11-9-19(10-12-21)18-27-15-5-7-20-6-3-4-8-23(20)27/h3-4,6,8-12,22H,2,5,7,13-18H2,1H3. The van der Waals surface area contributed by atoms with Crippen LogP contribution < -0.4 is 4.90 Å². The number of hydrogen-bond acceptors (Lipinski definition) is 4. The Morgan fingerprint density at radius 2 is 1.73 bits per heavy atom. The number of amides is 1. The molecule has 2 heterocycles. The minimum atomic E-state index is -0.131. The van der Waals surface area contributed by atoms with Crippen LogP contribution in [0.15, 0.2) is 48.5 Å². The van der Waals surface area contributed by atoms with E-state index in [1.807, 2.05) is 24.0 Å². The van der Waals surface area contributed by atoms with E-state index in [9.17, 15) is 9.59 Å². The lowest BCUT2D eigenvalue weighted by Crippen LogP contribution is -2.40. The van der Waals surface area contributed by atoms with E-state index in [0.717, 1.165) is 19.5 Å². The lowest BCUT2D eigenvalue weighted by Gasteiger charge is -2.32. The fraction of sp³-hybridized carbons (Fsp3) is 0.440. The van der Waals surface area contributed by atoms with Crippen molar-refractivity contribution in [2.24, 2.45) is 5.92 Å². The van der Waals surface area contributed by atoms with Gasteiger partial charge in [0.2, 0.25) is 0 Å². The van der Waals surface area contributed by atoms with E-state index in [-0.39, 0.29) is 17.8 Å². The predicted octanol–water partition coefficient (Wildman–Crippen LogP) is 4.05. The highest BCUT2D eigenvalue weighted by Crippen LogP contribution is 2.28. The summed E-state index contributed by atoms with van der Waals surface area (Å²) in [5, 5.41) is 0. The van der Waals surface area contributed by atoms with Crippen molar-refractivity contribution in [2.75, 3.05) is 31.1 Å². The molecule has 0 unspecified atom stereocenters. The molecule has 2 aliphatic heterocycles. The second-order valence-electron chi connectivity index (χ2n) is 8.17. The van der Waals surface area contributed by atoms with Crippen LogP contribution in [0, 0.1) is 5.92 Å². The summed E-state index contributed by atoms with van der Waals surface area (Å²) in [6.07, 6.45) is 3.68. The third kappa shape index (κ3) is 4.50. The molecule has 5 nitrogen and oxygen atoms in total. The monoisotopic (exact) mass is 406 g/mol. The molecule has 0 bridgehead atoms. The first kappa shape index (κ1) is 20.5. The molecule has 0 radical (unpaired) electrons. The second-order valence-corrected chi connectivity index (χ2v) is 8.17. The minimum Gasteiger partial charge on any atom is -0.466 e. The number of rotatable bonds is 5. The summed E-state index contributed by atoms with van der Waals surface area (Å²) >= 11 is 0. The van der Waals surface area contributed by atoms with Crippen molar-refractivity contribution >= 4 is 17.6 Å². The first-order chi connectivity index (χ1) is 14.7. The van der Waals surface area contributed by atoms with Crippen LogP contribution in [0.25, 0.3) is 0 Å². The van der Waals surface area contributed by atoms with Crippen molar-refractivity contribution in [3.05, 3.63) is 65.2 Å². The van der Waals surface area contributed by atoms with Gasteiger partial charge in [0, 0.05) is 37.4 Å². The summed E-state index contributed by atoms with van der Waals surface area (Å²) in [4.78, 5) is 29.0. The number of carbonyl (C=O) groups is 2. The van der Waals surface area contributed by atoms with E-state index in [2.05, 4.69) is 41.3 Å². The van der Waals surface area contributed by atoms with Crippen molar-refractivity contribution in [1.29, 1.82) is 0 Å². The molecule has 0 aromatic heterocycles. The summed E-state index contributed by atoms with van der Waals surface area (Å²) in [7, 11) is 0. The van der Waals surface area contributed by atoms with Gasteiger partial charge in [-0.05, 0) is 61.9 Å². The zero-order chi connectivity index (χ0) is 20.9. The molecule has 1 amide bonds. The molecule has 2 aromatic carbocycles. The van der Waals surface area contributed by atoms with Crippen molar-refractivity contribution in [2.45, 2.75) is 39.2 Å². The first-order valence-corrected chi connectivity index (χ1v) is 11.0. The van der Waals surface area contributed by atoms with Gasteiger partial charge in [-0.15, -0.1) is 0 Å². The molecule has 0 atom stereocenters. The van der Waals surface area contributed by atoms with Gasteiger partial charge in [0.15, 0.2) is 0 Å². The molecule has 0 N–H and O–H groups in total. The number of carbonyl (C=O) groups excluding carboxylic acids is 2. The lowest BCUT2D eigenvalue weighted by molar-refractivity contribution is -0.149. The van der Waals surface area contributed by atoms with Crippen LogP contribution in [0.1, 0.15) is 47.7 Å². The number of anilines is 1. The fourth-order valence-corrected chi connectivity index (χ4v) is 4.51. The Morgan fingerprint density at radius 1 is 1.00 bits per heavy atom. The van der Waals surface area contributed by atoms with Gasteiger partial charge in [-0.25, -0.2) is 0 Å². The van der Waals surface area contributed by atoms with Crippen molar-refractivity contribution in [3.8, 4) is 0 Å². The van der Waals surface area contributed by atoms with Crippen LogP contribution in [-0.2, 0) is 22.5 Å². The number of aryl methyl sites for hydroxylation is 1. The highest BCUT2D eigenvalue weighted by atomic mass is 16.5. The Hall–Kier alpha value is -2.82.